The van der Waals surface area contributed by atoms with Crippen molar-refractivity contribution in [2.75, 3.05) is 13.1 Å². The molecule has 0 aromatic heterocycles. The van der Waals surface area contributed by atoms with Crippen molar-refractivity contribution in [2.45, 2.75) is 102 Å². The highest BCUT2D eigenvalue weighted by Crippen LogP contribution is 2.44. The minimum atomic E-state index is 0.357. The van der Waals surface area contributed by atoms with Crippen molar-refractivity contribution in [3.8, 4) is 0 Å². The third-order valence-electron chi connectivity index (χ3n) is 7.64. The summed E-state index contributed by atoms with van der Waals surface area (Å²) in [5.41, 5.74) is 6.57. The number of hydrogen-bond donors (Lipinski definition) is 2. The Morgan fingerprint density at radius 2 is 1.71 bits per heavy atom. The van der Waals surface area contributed by atoms with E-state index in [0.717, 1.165) is 31.3 Å². The summed E-state index contributed by atoms with van der Waals surface area (Å²) in [7, 11) is 0. The Morgan fingerprint density at radius 1 is 0.958 bits per heavy atom. The highest BCUT2D eigenvalue weighted by molar-refractivity contribution is 5.05. The van der Waals surface area contributed by atoms with Crippen molar-refractivity contribution in [3.63, 3.8) is 0 Å². The number of nitrogens with zero attached hydrogens (tertiary/aromatic N) is 1. The van der Waals surface area contributed by atoms with Gasteiger partial charge in [0.1, 0.15) is 0 Å². The van der Waals surface area contributed by atoms with Crippen LogP contribution < -0.4 is 11.1 Å². The van der Waals surface area contributed by atoms with E-state index in [9.17, 15) is 0 Å². The maximum Gasteiger partial charge on any atom is 0.0750 e. The normalized spacial score (nSPS) is 48.5. The number of rotatable bonds is 3. The SMILES string of the molecule is CCN(CC)C1CCC2NC3C(CC(N)C4CCCCC43)OC2C1. The average Bonchev–Trinajstić information content (AvgIpc) is 2.62. The molecule has 1 aliphatic heterocycles. The van der Waals surface area contributed by atoms with Gasteiger partial charge < -0.3 is 20.7 Å². The number of ether oxygens (including phenoxy) is 1. The molecule has 0 spiro atoms. The zero-order valence-electron chi connectivity index (χ0n) is 15.6. The van der Waals surface area contributed by atoms with Crippen LogP contribution in [0.2, 0.25) is 0 Å². The standard InChI is InChI=1S/C20H37N3O/c1-3-23(4-2)13-9-10-17-18(11-13)24-19-12-16(21)14-7-5-6-8-15(14)20(19)22-17/h13-20,22H,3-12,21H2,1-2H3. The summed E-state index contributed by atoms with van der Waals surface area (Å²) in [5.74, 6) is 1.49. The Kier molecular flexibility index (Phi) is 5.19. The summed E-state index contributed by atoms with van der Waals surface area (Å²) >= 11 is 0. The first-order chi connectivity index (χ1) is 11.7. The van der Waals surface area contributed by atoms with E-state index in [4.69, 9.17) is 10.5 Å². The van der Waals surface area contributed by atoms with Crippen LogP contribution in [0.4, 0.5) is 0 Å². The van der Waals surface area contributed by atoms with Crippen LogP contribution in [0.1, 0.15) is 65.2 Å². The van der Waals surface area contributed by atoms with Crippen LogP contribution in [-0.2, 0) is 4.74 Å². The molecule has 4 heteroatoms. The minimum Gasteiger partial charge on any atom is -0.372 e. The van der Waals surface area contributed by atoms with Gasteiger partial charge in [0.05, 0.1) is 12.2 Å². The fourth-order valence-electron chi connectivity index (χ4n) is 6.39. The van der Waals surface area contributed by atoms with Crippen LogP contribution in [0.5, 0.6) is 0 Å². The third kappa shape index (κ3) is 3.04. The van der Waals surface area contributed by atoms with E-state index < -0.39 is 0 Å². The number of nitrogens with one attached hydrogen (secondary N) is 1. The van der Waals surface area contributed by atoms with E-state index in [1.807, 2.05) is 0 Å². The predicted octanol–water partition coefficient (Wildman–Crippen LogP) is 2.51. The molecule has 1 saturated heterocycles. The molecular weight excluding hydrogens is 298 g/mol. The van der Waals surface area contributed by atoms with Gasteiger partial charge in [0.25, 0.3) is 0 Å². The van der Waals surface area contributed by atoms with Crippen molar-refractivity contribution in [1.82, 2.24) is 10.2 Å². The van der Waals surface area contributed by atoms with Gasteiger partial charge in [0.2, 0.25) is 0 Å². The topological polar surface area (TPSA) is 50.5 Å². The van der Waals surface area contributed by atoms with E-state index >= 15 is 0 Å². The zero-order chi connectivity index (χ0) is 16.7. The van der Waals surface area contributed by atoms with Crippen molar-refractivity contribution in [3.05, 3.63) is 0 Å². The summed E-state index contributed by atoms with van der Waals surface area (Å²) in [6.45, 7) is 6.89. The first kappa shape index (κ1) is 17.3. The van der Waals surface area contributed by atoms with Crippen LogP contribution >= 0.6 is 0 Å². The Morgan fingerprint density at radius 3 is 2.46 bits per heavy atom. The Balaban J connectivity index is 1.45. The van der Waals surface area contributed by atoms with Gasteiger partial charge in [-0.3, -0.25) is 0 Å². The molecule has 8 atom stereocenters. The zero-order valence-corrected chi connectivity index (χ0v) is 15.6. The molecule has 0 amide bonds. The Hall–Kier alpha value is -0.160. The lowest BCUT2D eigenvalue weighted by molar-refractivity contribution is -0.150. The highest BCUT2D eigenvalue weighted by atomic mass is 16.5. The van der Waals surface area contributed by atoms with E-state index in [1.54, 1.807) is 0 Å². The van der Waals surface area contributed by atoms with Gasteiger partial charge in [-0.15, -0.1) is 0 Å². The second-order valence-corrected chi connectivity index (χ2v) is 8.71. The predicted molar refractivity (Wildman–Crippen MR) is 98.0 cm³/mol. The molecule has 4 nitrogen and oxygen atoms in total. The average molecular weight is 336 g/mol. The van der Waals surface area contributed by atoms with E-state index in [-0.39, 0.29) is 0 Å². The number of nitrogens with two attached hydrogens (primary N) is 1. The molecule has 0 radical (unpaired) electrons. The van der Waals surface area contributed by atoms with Crippen molar-refractivity contribution in [2.24, 2.45) is 17.6 Å². The molecule has 1 heterocycles. The van der Waals surface area contributed by atoms with Crippen LogP contribution in [0.25, 0.3) is 0 Å². The molecule has 138 valence electrons. The van der Waals surface area contributed by atoms with Crippen LogP contribution in [0.3, 0.4) is 0 Å². The van der Waals surface area contributed by atoms with Gasteiger partial charge in [0.15, 0.2) is 0 Å². The summed E-state index contributed by atoms with van der Waals surface area (Å²) in [5, 5.41) is 4.07. The molecule has 0 aromatic rings. The molecule has 3 saturated carbocycles. The van der Waals surface area contributed by atoms with Gasteiger partial charge >= 0.3 is 0 Å². The maximum atomic E-state index is 6.71. The molecular formula is C20H37N3O. The van der Waals surface area contributed by atoms with Crippen LogP contribution in [-0.4, -0.2) is 54.4 Å². The molecule has 0 aromatic carbocycles. The van der Waals surface area contributed by atoms with Gasteiger partial charge in [-0.05, 0) is 63.5 Å². The maximum absolute atomic E-state index is 6.71. The Bertz CT molecular complexity index is 427. The summed E-state index contributed by atoms with van der Waals surface area (Å²) < 4.78 is 6.71. The second kappa shape index (κ2) is 7.22. The van der Waals surface area contributed by atoms with Crippen LogP contribution in [0, 0.1) is 11.8 Å². The summed E-state index contributed by atoms with van der Waals surface area (Å²) in [4.78, 5) is 2.62. The van der Waals surface area contributed by atoms with Crippen molar-refractivity contribution in [1.29, 1.82) is 0 Å². The van der Waals surface area contributed by atoms with E-state index in [0.29, 0.717) is 36.4 Å². The monoisotopic (exact) mass is 335 g/mol. The molecule has 4 rings (SSSR count). The summed E-state index contributed by atoms with van der Waals surface area (Å²) in [6, 6.07) is 2.22. The largest absolute Gasteiger partial charge is 0.372 e. The smallest absolute Gasteiger partial charge is 0.0750 e. The molecule has 24 heavy (non-hydrogen) atoms. The van der Waals surface area contributed by atoms with Gasteiger partial charge in [0, 0.05) is 24.2 Å². The lowest BCUT2D eigenvalue weighted by Gasteiger charge is -2.55. The van der Waals surface area contributed by atoms with Gasteiger partial charge in [-0.2, -0.15) is 0 Å². The van der Waals surface area contributed by atoms with Gasteiger partial charge in [-0.25, -0.2) is 0 Å². The van der Waals surface area contributed by atoms with E-state index in [1.165, 1.54) is 44.9 Å². The lowest BCUT2D eigenvalue weighted by atomic mass is 9.64. The van der Waals surface area contributed by atoms with E-state index in [2.05, 4.69) is 24.1 Å². The number of fused-ring (bicyclic) bond motifs is 4. The fourth-order valence-corrected chi connectivity index (χ4v) is 6.39. The molecule has 8 unspecified atom stereocenters. The van der Waals surface area contributed by atoms with Crippen LogP contribution in [0.15, 0.2) is 0 Å². The molecule has 3 N–H and O–H groups in total. The fraction of sp³-hybridized carbons (Fsp3) is 1.00. The molecule has 3 aliphatic carbocycles. The lowest BCUT2D eigenvalue weighted by Crippen LogP contribution is -2.68. The number of morpholine rings is 1. The van der Waals surface area contributed by atoms with Crippen molar-refractivity contribution < 1.29 is 4.74 Å². The summed E-state index contributed by atoms with van der Waals surface area (Å²) in [6.07, 6.45) is 11.1. The second-order valence-electron chi connectivity index (χ2n) is 8.71. The minimum absolute atomic E-state index is 0.357. The van der Waals surface area contributed by atoms with Gasteiger partial charge in [-0.1, -0.05) is 26.7 Å². The number of hydrogen-bond acceptors (Lipinski definition) is 4. The third-order valence-corrected chi connectivity index (χ3v) is 7.64. The molecule has 4 fully saturated rings. The first-order valence-corrected chi connectivity index (χ1v) is 10.6. The Labute approximate surface area is 147 Å². The van der Waals surface area contributed by atoms with Crippen molar-refractivity contribution >= 4 is 0 Å². The first-order valence-electron chi connectivity index (χ1n) is 10.6. The quantitative estimate of drug-likeness (QED) is 0.832. The molecule has 0 bridgehead atoms. The molecule has 4 aliphatic rings. The highest BCUT2D eigenvalue weighted by Gasteiger charge is 2.50.